The summed E-state index contributed by atoms with van der Waals surface area (Å²) in [7, 11) is -3.95. The quantitative estimate of drug-likeness (QED) is 0.573. The maximum atomic E-state index is 14.1. The highest BCUT2D eigenvalue weighted by Crippen LogP contribution is 2.40. The summed E-state index contributed by atoms with van der Waals surface area (Å²) >= 11 is 1.10. The second-order valence-electron chi connectivity index (χ2n) is 8.82. The van der Waals surface area contributed by atoms with E-state index in [-0.39, 0.29) is 35.7 Å². The highest BCUT2D eigenvalue weighted by molar-refractivity contribution is 7.91. The fraction of sp³-hybridized carbons (Fsp3) is 0.500. The van der Waals surface area contributed by atoms with E-state index in [1.807, 2.05) is 30.3 Å². The van der Waals surface area contributed by atoms with E-state index in [0.29, 0.717) is 13.0 Å². The fourth-order valence-corrected chi connectivity index (χ4v) is 7.82. The lowest BCUT2D eigenvalue weighted by atomic mass is 9.83. The smallest absolute Gasteiger partial charge is 0.259 e. The van der Waals surface area contributed by atoms with Crippen molar-refractivity contribution in [3.05, 3.63) is 53.4 Å². The number of carbonyl (C=O) groups is 2. The zero-order valence-corrected chi connectivity index (χ0v) is 20.8. The van der Waals surface area contributed by atoms with E-state index in [1.54, 1.807) is 11.4 Å². The summed E-state index contributed by atoms with van der Waals surface area (Å²) in [6, 6.07) is 12.8. The van der Waals surface area contributed by atoms with Crippen molar-refractivity contribution in [2.45, 2.75) is 48.4 Å². The van der Waals surface area contributed by atoms with Crippen molar-refractivity contribution in [2.24, 2.45) is 11.7 Å². The van der Waals surface area contributed by atoms with Crippen LogP contribution < -0.4 is 11.1 Å². The van der Waals surface area contributed by atoms with Gasteiger partial charge in [0.05, 0.1) is 5.92 Å². The molecule has 10 heteroatoms. The molecule has 0 spiro atoms. The molecule has 2 aliphatic rings. The molecule has 8 nitrogen and oxygen atoms in total. The highest BCUT2D eigenvalue weighted by atomic mass is 32.2. The van der Waals surface area contributed by atoms with Gasteiger partial charge in [0.1, 0.15) is 4.21 Å². The number of nitrogens with zero attached hydrogens (tertiary/aromatic N) is 2. The summed E-state index contributed by atoms with van der Waals surface area (Å²) in [5.41, 5.74) is 6.50. The maximum absolute atomic E-state index is 14.1. The van der Waals surface area contributed by atoms with E-state index >= 15 is 0 Å². The Morgan fingerprint density at radius 3 is 2.44 bits per heavy atom. The van der Waals surface area contributed by atoms with E-state index < -0.39 is 28.0 Å². The third-order valence-electron chi connectivity index (χ3n) is 6.66. The Hall–Kier alpha value is -2.27. The van der Waals surface area contributed by atoms with E-state index in [2.05, 4.69) is 5.32 Å². The van der Waals surface area contributed by atoms with Crippen molar-refractivity contribution in [1.29, 1.82) is 0 Å². The number of hydrogen-bond donors (Lipinski definition) is 2. The molecular formula is C24H32N4O4S2. The molecule has 2 aromatic rings. The predicted molar refractivity (Wildman–Crippen MR) is 132 cm³/mol. The number of benzene rings is 1. The summed E-state index contributed by atoms with van der Waals surface area (Å²) in [6.45, 7) is 0.921. The van der Waals surface area contributed by atoms with Crippen LogP contribution in [0.2, 0.25) is 0 Å². The van der Waals surface area contributed by atoms with Gasteiger partial charge >= 0.3 is 0 Å². The molecule has 1 aliphatic heterocycles. The van der Waals surface area contributed by atoms with E-state index in [0.717, 1.165) is 42.6 Å². The second kappa shape index (κ2) is 11.0. The number of nitrogens with one attached hydrogen (secondary N) is 1. The molecule has 1 aromatic carbocycles. The summed E-state index contributed by atoms with van der Waals surface area (Å²) in [5, 5.41) is 4.41. The molecule has 2 atom stereocenters. The first-order valence-corrected chi connectivity index (χ1v) is 14.2. The minimum absolute atomic E-state index is 0.161. The predicted octanol–water partition coefficient (Wildman–Crippen LogP) is 2.35. The van der Waals surface area contributed by atoms with Gasteiger partial charge in [-0.25, -0.2) is 8.42 Å². The van der Waals surface area contributed by atoms with Crippen LogP contribution in [0.15, 0.2) is 52.1 Å². The second-order valence-corrected chi connectivity index (χ2v) is 11.9. The molecule has 1 aliphatic carbocycles. The van der Waals surface area contributed by atoms with Crippen LogP contribution in [0.4, 0.5) is 0 Å². The topological polar surface area (TPSA) is 113 Å². The molecule has 2 heterocycles. The molecule has 1 saturated heterocycles. The summed E-state index contributed by atoms with van der Waals surface area (Å²) < 4.78 is 28.3. The van der Waals surface area contributed by atoms with Crippen molar-refractivity contribution in [2.75, 3.05) is 26.2 Å². The molecular weight excluding hydrogens is 472 g/mol. The van der Waals surface area contributed by atoms with Gasteiger partial charge in [0.2, 0.25) is 5.91 Å². The van der Waals surface area contributed by atoms with Crippen LogP contribution in [0.1, 0.15) is 43.6 Å². The molecule has 1 aromatic heterocycles. The molecule has 184 valence electrons. The molecule has 2 fully saturated rings. The van der Waals surface area contributed by atoms with E-state index in [1.165, 1.54) is 15.3 Å². The first kappa shape index (κ1) is 24.8. The third kappa shape index (κ3) is 5.05. The maximum Gasteiger partial charge on any atom is 0.259 e. The van der Waals surface area contributed by atoms with Gasteiger partial charge in [-0.05, 0) is 42.2 Å². The van der Waals surface area contributed by atoms with Crippen molar-refractivity contribution in [1.82, 2.24) is 14.5 Å². The van der Waals surface area contributed by atoms with E-state index in [4.69, 9.17) is 5.73 Å². The molecule has 1 saturated carbocycles. The Morgan fingerprint density at radius 1 is 1.06 bits per heavy atom. The zero-order valence-electron chi connectivity index (χ0n) is 19.1. The Morgan fingerprint density at radius 2 is 1.79 bits per heavy atom. The molecule has 4 rings (SSSR count). The number of nitrogens with two attached hydrogens (primary N) is 1. The van der Waals surface area contributed by atoms with Crippen molar-refractivity contribution in [3.8, 4) is 0 Å². The van der Waals surface area contributed by atoms with Crippen LogP contribution in [0.25, 0.3) is 0 Å². The fourth-order valence-electron chi connectivity index (χ4n) is 5.11. The first-order valence-electron chi connectivity index (χ1n) is 11.8. The normalized spacial score (nSPS) is 20.9. The van der Waals surface area contributed by atoms with Crippen LogP contribution in [-0.4, -0.2) is 61.8 Å². The Balaban J connectivity index is 1.72. The van der Waals surface area contributed by atoms with Gasteiger partial charge < -0.3 is 16.0 Å². The van der Waals surface area contributed by atoms with Gasteiger partial charge in [-0.15, -0.1) is 11.3 Å². The minimum atomic E-state index is -3.95. The van der Waals surface area contributed by atoms with Crippen LogP contribution >= 0.6 is 11.3 Å². The zero-order chi connectivity index (χ0) is 24.1. The van der Waals surface area contributed by atoms with Gasteiger partial charge in [-0.1, -0.05) is 49.2 Å². The third-order valence-corrected chi connectivity index (χ3v) is 9.89. The van der Waals surface area contributed by atoms with Gasteiger partial charge in [-0.2, -0.15) is 4.31 Å². The summed E-state index contributed by atoms with van der Waals surface area (Å²) in [5.74, 6) is -0.932. The lowest BCUT2D eigenvalue weighted by Crippen LogP contribution is -2.64. The van der Waals surface area contributed by atoms with Gasteiger partial charge in [-0.3, -0.25) is 9.59 Å². The van der Waals surface area contributed by atoms with Gasteiger partial charge in [0, 0.05) is 26.2 Å². The first-order chi connectivity index (χ1) is 16.4. The summed E-state index contributed by atoms with van der Waals surface area (Å²) in [6.07, 6.45) is 3.25. The molecule has 34 heavy (non-hydrogen) atoms. The minimum Gasteiger partial charge on any atom is -0.352 e. The number of amides is 2. The summed E-state index contributed by atoms with van der Waals surface area (Å²) in [4.78, 5) is 28.9. The van der Waals surface area contributed by atoms with Crippen molar-refractivity contribution in [3.63, 3.8) is 0 Å². The molecule has 2 unspecified atom stereocenters. The monoisotopic (exact) mass is 504 g/mol. The van der Waals surface area contributed by atoms with E-state index in [9.17, 15) is 18.0 Å². The Labute approximate surface area is 205 Å². The van der Waals surface area contributed by atoms with Gasteiger partial charge in [0.25, 0.3) is 15.9 Å². The average Bonchev–Trinajstić information content (AvgIpc) is 3.58. The Bertz CT molecular complexity index is 1070. The van der Waals surface area contributed by atoms with Gasteiger partial charge in [0.15, 0.2) is 6.17 Å². The average molecular weight is 505 g/mol. The number of hydrogen-bond acceptors (Lipinski definition) is 6. The molecule has 0 radical (unpaired) electrons. The van der Waals surface area contributed by atoms with Crippen molar-refractivity contribution < 1.29 is 18.0 Å². The molecule has 3 N–H and O–H groups in total. The number of carbonyl (C=O) groups excluding carboxylic acids is 2. The standard InChI is InChI=1S/C24H32N4O4S2/c25-13-14-26-22(29)23-27(15-7-16-28(23)34(31,32)20-12-6-17-33-20)24(30)21(19-10-4-5-11-19)18-8-2-1-3-9-18/h1-3,6,8-9,12,17,19,21,23H,4-5,7,10-11,13-16,25H2,(H,26,29). The number of sulfonamides is 1. The SMILES string of the molecule is NCCNC(=O)C1N(C(=O)C(c2ccccc2)C2CCCC2)CCCN1S(=O)(=O)c1cccs1. The van der Waals surface area contributed by atoms with Crippen LogP contribution in [-0.2, 0) is 19.6 Å². The number of thiophene rings is 1. The lowest BCUT2D eigenvalue weighted by molar-refractivity contribution is -0.149. The Kier molecular flexibility index (Phi) is 8.02. The molecule has 0 bridgehead atoms. The molecule has 2 amide bonds. The van der Waals surface area contributed by atoms with Crippen LogP contribution in [0.5, 0.6) is 0 Å². The van der Waals surface area contributed by atoms with Crippen molar-refractivity contribution >= 4 is 33.2 Å². The van der Waals surface area contributed by atoms with Crippen LogP contribution in [0.3, 0.4) is 0 Å². The highest BCUT2D eigenvalue weighted by Gasteiger charge is 2.47. The lowest BCUT2D eigenvalue weighted by Gasteiger charge is -2.43. The largest absolute Gasteiger partial charge is 0.352 e. The number of rotatable bonds is 8. The van der Waals surface area contributed by atoms with Crippen LogP contribution in [0, 0.1) is 5.92 Å².